The first-order valence-corrected chi connectivity index (χ1v) is 8.16. The quantitative estimate of drug-likeness (QED) is 0.798. The standard InChI is InChI=1S/C21H21NO4/c1-21(2,26)13-12-15-8-6-7-11-17(15)20(25)22-18(14-19(23)24)16-9-4-3-5-10-16/h3-11,18,26H,14H2,1-2H3,(H,22,25)(H,23,24)/p-1/t18-/m0/s1. The summed E-state index contributed by atoms with van der Waals surface area (Å²) in [7, 11) is 0. The minimum absolute atomic E-state index is 0.309. The average Bonchev–Trinajstić information content (AvgIpc) is 2.59. The third-order valence-corrected chi connectivity index (χ3v) is 3.55. The second kappa shape index (κ2) is 8.32. The number of benzene rings is 2. The van der Waals surface area contributed by atoms with Crippen LogP contribution in [-0.4, -0.2) is 22.6 Å². The molecule has 2 rings (SSSR count). The topological polar surface area (TPSA) is 89.5 Å². The predicted octanol–water partition coefficient (Wildman–Crippen LogP) is 1.42. The van der Waals surface area contributed by atoms with Crippen molar-refractivity contribution in [1.82, 2.24) is 5.32 Å². The summed E-state index contributed by atoms with van der Waals surface area (Å²) in [4.78, 5) is 23.8. The maximum atomic E-state index is 12.7. The third-order valence-electron chi connectivity index (χ3n) is 3.55. The van der Waals surface area contributed by atoms with Gasteiger partial charge in [0.05, 0.1) is 11.6 Å². The number of hydrogen-bond acceptors (Lipinski definition) is 4. The lowest BCUT2D eigenvalue weighted by atomic mass is 10.0. The number of carboxylic acids is 1. The maximum Gasteiger partial charge on any atom is 0.253 e. The fourth-order valence-electron chi connectivity index (χ4n) is 2.35. The van der Waals surface area contributed by atoms with Crippen molar-refractivity contribution in [3.8, 4) is 11.8 Å². The molecule has 5 nitrogen and oxygen atoms in total. The Kier molecular flexibility index (Phi) is 6.16. The zero-order valence-electron chi connectivity index (χ0n) is 14.7. The van der Waals surface area contributed by atoms with Gasteiger partial charge in [0.1, 0.15) is 5.60 Å². The normalized spacial score (nSPS) is 11.8. The Morgan fingerprint density at radius 2 is 1.73 bits per heavy atom. The van der Waals surface area contributed by atoms with E-state index in [1.54, 1.807) is 62.4 Å². The number of rotatable bonds is 5. The second-order valence-electron chi connectivity index (χ2n) is 6.37. The van der Waals surface area contributed by atoms with Gasteiger partial charge in [-0.1, -0.05) is 54.3 Å². The van der Waals surface area contributed by atoms with Crippen LogP contribution < -0.4 is 10.4 Å². The van der Waals surface area contributed by atoms with E-state index in [2.05, 4.69) is 17.2 Å². The van der Waals surface area contributed by atoms with Crippen LogP contribution in [0.15, 0.2) is 54.6 Å². The molecule has 0 spiro atoms. The van der Waals surface area contributed by atoms with Gasteiger partial charge in [0.15, 0.2) is 0 Å². The first kappa shape index (κ1) is 19.2. The smallest absolute Gasteiger partial charge is 0.253 e. The summed E-state index contributed by atoms with van der Waals surface area (Å²) < 4.78 is 0. The van der Waals surface area contributed by atoms with Gasteiger partial charge in [-0.05, 0) is 31.5 Å². The SMILES string of the molecule is CC(C)(O)C#Cc1ccccc1C(=O)N[C@@H](CC(=O)[O-])c1ccccc1. The Labute approximate surface area is 152 Å². The molecule has 2 aromatic rings. The lowest BCUT2D eigenvalue weighted by molar-refractivity contribution is -0.306. The molecule has 0 aliphatic rings. The van der Waals surface area contributed by atoms with E-state index < -0.39 is 23.5 Å². The van der Waals surface area contributed by atoms with Crippen LogP contribution in [0.1, 0.15) is 47.8 Å². The maximum absolute atomic E-state index is 12.7. The van der Waals surface area contributed by atoms with E-state index in [-0.39, 0.29) is 6.42 Å². The van der Waals surface area contributed by atoms with Gasteiger partial charge in [0, 0.05) is 18.0 Å². The van der Waals surface area contributed by atoms with Gasteiger partial charge >= 0.3 is 0 Å². The highest BCUT2D eigenvalue weighted by atomic mass is 16.4. The van der Waals surface area contributed by atoms with Gasteiger partial charge < -0.3 is 20.3 Å². The van der Waals surface area contributed by atoms with E-state index in [9.17, 15) is 19.8 Å². The van der Waals surface area contributed by atoms with Crippen molar-refractivity contribution in [2.45, 2.75) is 31.9 Å². The van der Waals surface area contributed by atoms with Crippen molar-refractivity contribution >= 4 is 11.9 Å². The molecule has 134 valence electrons. The van der Waals surface area contributed by atoms with Crippen molar-refractivity contribution < 1.29 is 19.8 Å². The highest BCUT2D eigenvalue weighted by Gasteiger charge is 2.18. The highest BCUT2D eigenvalue weighted by molar-refractivity contribution is 5.97. The number of aliphatic carboxylic acids is 1. The number of nitrogens with one attached hydrogen (secondary N) is 1. The second-order valence-corrected chi connectivity index (χ2v) is 6.37. The number of hydrogen-bond donors (Lipinski definition) is 2. The van der Waals surface area contributed by atoms with Gasteiger partial charge in [-0.2, -0.15) is 0 Å². The molecule has 0 fully saturated rings. The minimum atomic E-state index is -1.26. The highest BCUT2D eigenvalue weighted by Crippen LogP contribution is 2.18. The van der Waals surface area contributed by atoms with Crippen LogP contribution in [0.5, 0.6) is 0 Å². The molecular formula is C21H20NO4-. The molecular weight excluding hydrogens is 330 g/mol. The monoisotopic (exact) mass is 350 g/mol. The summed E-state index contributed by atoms with van der Waals surface area (Å²) >= 11 is 0. The summed E-state index contributed by atoms with van der Waals surface area (Å²) in [6.45, 7) is 3.10. The van der Waals surface area contributed by atoms with Crippen molar-refractivity contribution in [2.75, 3.05) is 0 Å². The van der Waals surface area contributed by atoms with E-state index in [4.69, 9.17) is 0 Å². The molecule has 0 saturated heterocycles. The molecule has 1 atom stereocenters. The number of amides is 1. The third kappa shape index (κ3) is 5.76. The molecule has 0 aliphatic carbocycles. The van der Waals surface area contributed by atoms with Crippen molar-refractivity contribution in [2.24, 2.45) is 0 Å². The number of carboxylic acid groups (broad SMARTS) is 1. The summed E-state index contributed by atoms with van der Waals surface area (Å²) in [6, 6.07) is 14.8. The molecule has 0 aliphatic heterocycles. The molecule has 0 saturated carbocycles. The molecule has 0 bridgehead atoms. The van der Waals surface area contributed by atoms with E-state index >= 15 is 0 Å². The van der Waals surface area contributed by atoms with E-state index in [0.717, 1.165) is 0 Å². The zero-order valence-corrected chi connectivity index (χ0v) is 14.7. The Morgan fingerprint density at radius 3 is 2.35 bits per heavy atom. The minimum Gasteiger partial charge on any atom is -0.550 e. The van der Waals surface area contributed by atoms with Crippen LogP contribution in [-0.2, 0) is 4.79 Å². The van der Waals surface area contributed by atoms with Crippen molar-refractivity contribution in [3.63, 3.8) is 0 Å². The predicted molar refractivity (Wildman–Crippen MR) is 95.9 cm³/mol. The average molecular weight is 350 g/mol. The summed E-state index contributed by atoms with van der Waals surface area (Å²) in [5.41, 5.74) is 0.242. The lowest BCUT2D eigenvalue weighted by Crippen LogP contribution is -2.34. The molecule has 1 amide bonds. The van der Waals surface area contributed by atoms with Crippen molar-refractivity contribution in [3.05, 3.63) is 71.3 Å². The molecule has 0 heterocycles. The van der Waals surface area contributed by atoms with E-state index in [1.165, 1.54) is 0 Å². The van der Waals surface area contributed by atoms with Gasteiger partial charge in [-0.15, -0.1) is 0 Å². The van der Waals surface area contributed by atoms with Crippen LogP contribution in [0.2, 0.25) is 0 Å². The van der Waals surface area contributed by atoms with Crippen LogP contribution >= 0.6 is 0 Å². The van der Waals surface area contributed by atoms with E-state index in [1.807, 2.05) is 6.07 Å². The van der Waals surface area contributed by atoms with Crippen LogP contribution in [0.25, 0.3) is 0 Å². The fraction of sp³-hybridized carbons (Fsp3) is 0.238. The molecule has 0 aromatic heterocycles. The number of aliphatic hydroxyl groups is 1. The van der Waals surface area contributed by atoms with Crippen LogP contribution in [0.4, 0.5) is 0 Å². The number of carbonyl (C=O) groups excluding carboxylic acids is 2. The Morgan fingerprint density at radius 1 is 1.12 bits per heavy atom. The van der Waals surface area contributed by atoms with Crippen LogP contribution in [0.3, 0.4) is 0 Å². The van der Waals surface area contributed by atoms with Crippen molar-refractivity contribution in [1.29, 1.82) is 0 Å². The molecule has 2 N–H and O–H groups in total. The van der Waals surface area contributed by atoms with Crippen LogP contribution in [0, 0.1) is 11.8 Å². The van der Waals surface area contributed by atoms with Gasteiger partial charge in [-0.3, -0.25) is 4.79 Å². The Balaban J connectivity index is 2.30. The fourth-order valence-corrected chi connectivity index (χ4v) is 2.35. The Hall–Kier alpha value is -3.10. The lowest BCUT2D eigenvalue weighted by Gasteiger charge is -2.20. The molecule has 26 heavy (non-hydrogen) atoms. The largest absolute Gasteiger partial charge is 0.550 e. The first-order chi connectivity index (χ1) is 12.3. The molecule has 0 radical (unpaired) electrons. The van der Waals surface area contributed by atoms with E-state index in [0.29, 0.717) is 16.7 Å². The summed E-state index contributed by atoms with van der Waals surface area (Å²) in [5, 5.41) is 23.6. The molecule has 0 unspecified atom stereocenters. The zero-order chi connectivity index (χ0) is 19.2. The number of carbonyl (C=O) groups is 2. The first-order valence-electron chi connectivity index (χ1n) is 8.16. The van der Waals surface area contributed by atoms with Gasteiger partial charge in [0.25, 0.3) is 5.91 Å². The molecule has 5 heteroatoms. The summed E-state index contributed by atoms with van der Waals surface area (Å²) in [6.07, 6.45) is -0.340. The summed E-state index contributed by atoms with van der Waals surface area (Å²) in [5.74, 6) is 3.77. The van der Waals surface area contributed by atoms with Gasteiger partial charge in [-0.25, -0.2) is 0 Å². The Bertz CT molecular complexity index is 842. The molecule has 2 aromatic carbocycles. The van der Waals surface area contributed by atoms with Gasteiger partial charge in [0.2, 0.25) is 0 Å².